The van der Waals surface area contributed by atoms with E-state index in [2.05, 4.69) is 4.98 Å². The number of hydrogen-bond donors (Lipinski definition) is 1. The monoisotopic (exact) mass is 249 g/mol. The van der Waals surface area contributed by atoms with Crippen LogP contribution in [0.2, 0.25) is 0 Å². The molecule has 0 bridgehead atoms. The molecule has 1 N–H and O–H groups in total. The largest absolute Gasteiger partial charge is 0.478 e. The summed E-state index contributed by atoms with van der Waals surface area (Å²) < 4.78 is 5.19. The fourth-order valence-corrected chi connectivity index (χ4v) is 2.27. The molecule has 4 nitrogen and oxygen atoms in total. The number of furan rings is 1. The first-order valence-corrected chi connectivity index (χ1v) is 5.82. The van der Waals surface area contributed by atoms with E-state index in [1.54, 1.807) is 25.3 Å². The van der Waals surface area contributed by atoms with Crippen molar-refractivity contribution in [2.24, 2.45) is 0 Å². The Hall–Kier alpha value is -1.75. The van der Waals surface area contributed by atoms with Crippen molar-refractivity contribution < 1.29 is 14.3 Å². The van der Waals surface area contributed by atoms with Gasteiger partial charge in [-0.2, -0.15) is 0 Å². The van der Waals surface area contributed by atoms with Crippen LogP contribution in [-0.2, 0) is 0 Å². The third-order valence-corrected chi connectivity index (χ3v) is 3.40. The summed E-state index contributed by atoms with van der Waals surface area (Å²) in [6.45, 7) is 3.57. The summed E-state index contributed by atoms with van der Waals surface area (Å²) in [5.41, 5.74) is 0.752. The number of carbonyl (C=O) groups is 1. The van der Waals surface area contributed by atoms with E-state index in [9.17, 15) is 4.79 Å². The quantitative estimate of drug-likeness (QED) is 0.905. The maximum absolute atomic E-state index is 10.8. The topological polar surface area (TPSA) is 63.3 Å². The second-order valence-corrected chi connectivity index (χ2v) is 4.59. The molecule has 5 heteroatoms. The van der Waals surface area contributed by atoms with Crippen LogP contribution < -0.4 is 0 Å². The van der Waals surface area contributed by atoms with Gasteiger partial charge in [0.25, 0.3) is 0 Å². The van der Waals surface area contributed by atoms with Crippen LogP contribution in [-0.4, -0.2) is 16.1 Å². The van der Waals surface area contributed by atoms with E-state index in [4.69, 9.17) is 9.52 Å². The number of aromatic nitrogens is 1. The molecule has 2 rings (SSSR count). The first kappa shape index (κ1) is 11.7. The van der Waals surface area contributed by atoms with Crippen molar-refractivity contribution in [1.29, 1.82) is 0 Å². The molecule has 0 saturated carbocycles. The van der Waals surface area contributed by atoms with Crippen LogP contribution in [0.15, 0.2) is 38.8 Å². The molecule has 0 amide bonds. The predicted octanol–water partition coefficient (Wildman–Crippen LogP) is 3.14. The Balaban J connectivity index is 2.27. The highest BCUT2D eigenvalue weighted by Gasteiger charge is 2.10. The van der Waals surface area contributed by atoms with Gasteiger partial charge in [-0.3, -0.25) is 0 Å². The zero-order chi connectivity index (χ0) is 12.4. The number of pyridine rings is 1. The third kappa shape index (κ3) is 2.50. The van der Waals surface area contributed by atoms with Crippen LogP contribution >= 0.6 is 11.8 Å². The maximum atomic E-state index is 10.8. The van der Waals surface area contributed by atoms with E-state index in [-0.39, 0.29) is 5.56 Å². The van der Waals surface area contributed by atoms with E-state index < -0.39 is 5.97 Å². The van der Waals surface area contributed by atoms with Crippen LogP contribution in [0.3, 0.4) is 0 Å². The third-order valence-electron chi connectivity index (χ3n) is 2.32. The van der Waals surface area contributed by atoms with Crippen LogP contribution in [0, 0.1) is 13.8 Å². The minimum absolute atomic E-state index is 0.235. The fourth-order valence-electron chi connectivity index (χ4n) is 1.41. The van der Waals surface area contributed by atoms with Crippen LogP contribution in [0.25, 0.3) is 0 Å². The molecule has 2 heterocycles. The van der Waals surface area contributed by atoms with E-state index >= 15 is 0 Å². The Morgan fingerprint density at radius 2 is 2.12 bits per heavy atom. The first-order chi connectivity index (χ1) is 8.08. The predicted molar refractivity (Wildman–Crippen MR) is 63.5 cm³/mol. The molecular formula is C12H11NO3S. The molecule has 0 aliphatic heterocycles. The lowest BCUT2D eigenvalue weighted by Crippen LogP contribution is -2.01. The molecule has 0 radical (unpaired) electrons. The summed E-state index contributed by atoms with van der Waals surface area (Å²) in [5.74, 6) is -0.122. The van der Waals surface area contributed by atoms with Crippen molar-refractivity contribution in [3.05, 3.63) is 41.5 Å². The number of nitrogens with zero attached hydrogens (tertiary/aromatic N) is 1. The highest BCUT2D eigenvalue weighted by molar-refractivity contribution is 7.99. The Morgan fingerprint density at radius 3 is 2.65 bits per heavy atom. The average molecular weight is 249 g/mol. The molecule has 0 atom stereocenters. The summed E-state index contributed by atoms with van der Waals surface area (Å²) in [4.78, 5) is 16.1. The zero-order valence-electron chi connectivity index (χ0n) is 9.43. The van der Waals surface area contributed by atoms with Gasteiger partial charge in [-0.1, -0.05) is 11.8 Å². The van der Waals surface area contributed by atoms with Gasteiger partial charge in [-0.25, -0.2) is 9.78 Å². The molecule has 0 aliphatic rings. The molecule has 0 unspecified atom stereocenters. The molecule has 0 fully saturated rings. The summed E-state index contributed by atoms with van der Waals surface area (Å²) in [5, 5.41) is 9.66. The van der Waals surface area contributed by atoms with Crippen molar-refractivity contribution in [3.63, 3.8) is 0 Å². The smallest absolute Gasteiger partial charge is 0.337 e. The van der Waals surface area contributed by atoms with Crippen LogP contribution in [0.4, 0.5) is 0 Å². The van der Waals surface area contributed by atoms with Gasteiger partial charge in [0.1, 0.15) is 10.8 Å². The van der Waals surface area contributed by atoms with Gasteiger partial charge >= 0.3 is 5.97 Å². The Labute approximate surface area is 103 Å². The van der Waals surface area contributed by atoms with E-state index in [1.165, 1.54) is 11.8 Å². The summed E-state index contributed by atoms with van der Waals surface area (Å²) in [7, 11) is 0. The van der Waals surface area contributed by atoms with Crippen molar-refractivity contribution in [3.8, 4) is 0 Å². The van der Waals surface area contributed by atoms with Gasteiger partial charge in [0.05, 0.1) is 22.4 Å². The lowest BCUT2D eigenvalue weighted by atomic mass is 10.2. The van der Waals surface area contributed by atoms with Gasteiger partial charge in [0.15, 0.2) is 0 Å². The SMILES string of the molecule is Cc1nc(Sc2ccoc2C)ccc1C(=O)O. The van der Waals surface area contributed by atoms with Gasteiger partial charge in [-0.15, -0.1) is 0 Å². The number of carboxylic acid groups (broad SMARTS) is 1. The number of rotatable bonds is 3. The minimum Gasteiger partial charge on any atom is -0.478 e. The van der Waals surface area contributed by atoms with Gasteiger partial charge in [0, 0.05) is 0 Å². The number of hydrogen-bond acceptors (Lipinski definition) is 4. The van der Waals surface area contributed by atoms with Crippen LogP contribution in [0.5, 0.6) is 0 Å². The highest BCUT2D eigenvalue weighted by Crippen LogP contribution is 2.29. The second kappa shape index (κ2) is 4.63. The Morgan fingerprint density at radius 1 is 1.35 bits per heavy atom. The molecule has 0 aliphatic carbocycles. The fraction of sp³-hybridized carbons (Fsp3) is 0.167. The van der Waals surface area contributed by atoms with Crippen LogP contribution in [0.1, 0.15) is 21.8 Å². The molecule has 0 saturated heterocycles. The maximum Gasteiger partial charge on any atom is 0.337 e. The molecule has 0 spiro atoms. The number of aryl methyl sites for hydroxylation is 2. The molecule has 17 heavy (non-hydrogen) atoms. The molecule has 2 aromatic heterocycles. The van der Waals surface area contributed by atoms with Crippen molar-refractivity contribution in [1.82, 2.24) is 4.98 Å². The number of aromatic carboxylic acids is 1. The highest BCUT2D eigenvalue weighted by atomic mass is 32.2. The van der Waals surface area contributed by atoms with Gasteiger partial charge in [0.2, 0.25) is 0 Å². The first-order valence-electron chi connectivity index (χ1n) is 5.01. The molecule has 2 aromatic rings. The zero-order valence-corrected chi connectivity index (χ0v) is 10.2. The summed E-state index contributed by atoms with van der Waals surface area (Å²) in [6.07, 6.45) is 1.62. The summed E-state index contributed by atoms with van der Waals surface area (Å²) >= 11 is 1.46. The number of carboxylic acids is 1. The summed E-state index contributed by atoms with van der Waals surface area (Å²) in [6, 6.07) is 5.14. The van der Waals surface area contributed by atoms with E-state index in [1.807, 2.05) is 13.0 Å². The lowest BCUT2D eigenvalue weighted by Gasteiger charge is -2.03. The van der Waals surface area contributed by atoms with Gasteiger partial charge < -0.3 is 9.52 Å². The van der Waals surface area contributed by atoms with E-state index in [0.717, 1.165) is 15.7 Å². The molecule has 88 valence electrons. The van der Waals surface area contributed by atoms with Crippen molar-refractivity contribution in [2.45, 2.75) is 23.8 Å². The molecule has 0 aromatic carbocycles. The van der Waals surface area contributed by atoms with E-state index in [0.29, 0.717) is 5.69 Å². The lowest BCUT2D eigenvalue weighted by molar-refractivity contribution is 0.0695. The standard InChI is InChI=1S/C12H11NO3S/c1-7-9(12(14)15)3-4-11(13-7)17-10-5-6-16-8(10)2/h3-6H,1-2H3,(H,14,15). The normalized spacial score (nSPS) is 10.5. The Kier molecular flexibility index (Phi) is 3.19. The Bertz CT molecular complexity index is 563. The van der Waals surface area contributed by atoms with Crippen molar-refractivity contribution in [2.75, 3.05) is 0 Å². The van der Waals surface area contributed by atoms with Gasteiger partial charge in [-0.05, 0) is 32.0 Å². The van der Waals surface area contributed by atoms with Crippen molar-refractivity contribution >= 4 is 17.7 Å². The molecular weight excluding hydrogens is 238 g/mol. The average Bonchev–Trinajstić information content (AvgIpc) is 2.64. The minimum atomic E-state index is -0.953. The second-order valence-electron chi connectivity index (χ2n) is 3.53.